The van der Waals surface area contributed by atoms with E-state index in [0.29, 0.717) is 24.5 Å². The van der Waals surface area contributed by atoms with Gasteiger partial charge in [-0.3, -0.25) is 0 Å². The summed E-state index contributed by atoms with van der Waals surface area (Å²) in [6.45, 7) is 10.8. The Kier molecular flexibility index (Phi) is 6.31. The number of hydrogen-bond acceptors (Lipinski definition) is 5. The van der Waals surface area contributed by atoms with E-state index in [1.54, 1.807) is 6.92 Å². The summed E-state index contributed by atoms with van der Waals surface area (Å²) in [4.78, 5) is 12.3. The number of β-amino-alcohol motifs (C(OH)–C–C–N with tert-alkyl or cyclic N) is 1. The van der Waals surface area contributed by atoms with Crippen molar-refractivity contribution in [1.82, 2.24) is 9.88 Å². The highest BCUT2D eigenvalue weighted by Gasteiger charge is 2.20. The molecule has 0 aliphatic rings. The van der Waals surface area contributed by atoms with Crippen molar-refractivity contribution in [3.63, 3.8) is 0 Å². The SMILES string of the molecule is CCOC(=O)c1c(C)n(C)c2ccc(OC[C@H](O)CNC(C)(C)C)cc12. The Morgan fingerprint density at radius 1 is 1.35 bits per heavy atom. The quantitative estimate of drug-likeness (QED) is 0.741. The van der Waals surface area contributed by atoms with Crippen molar-refractivity contribution in [2.24, 2.45) is 7.05 Å². The molecule has 1 aromatic carbocycles. The monoisotopic (exact) mass is 362 g/mol. The van der Waals surface area contributed by atoms with Gasteiger partial charge in [0, 0.05) is 35.7 Å². The van der Waals surface area contributed by atoms with Crippen LogP contribution in [-0.4, -0.2) is 47.0 Å². The van der Waals surface area contributed by atoms with Crippen LogP contribution < -0.4 is 10.1 Å². The number of aromatic nitrogens is 1. The minimum Gasteiger partial charge on any atom is -0.491 e. The molecule has 2 aromatic rings. The first-order valence-electron chi connectivity index (χ1n) is 8.96. The number of ether oxygens (including phenoxy) is 2. The van der Waals surface area contributed by atoms with Crippen molar-refractivity contribution in [3.05, 3.63) is 29.5 Å². The average Bonchev–Trinajstić information content (AvgIpc) is 2.81. The number of nitrogens with zero attached hydrogens (tertiary/aromatic N) is 1. The van der Waals surface area contributed by atoms with Gasteiger partial charge in [0.25, 0.3) is 0 Å². The lowest BCUT2D eigenvalue weighted by molar-refractivity contribution is 0.0527. The first kappa shape index (κ1) is 20.3. The van der Waals surface area contributed by atoms with Crippen molar-refractivity contribution < 1.29 is 19.4 Å². The second-order valence-electron chi connectivity index (χ2n) is 7.51. The average molecular weight is 362 g/mol. The third kappa shape index (κ3) is 4.77. The molecule has 1 heterocycles. The summed E-state index contributed by atoms with van der Waals surface area (Å²) in [7, 11) is 1.92. The predicted octanol–water partition coefficient (Wildman–Crippen LogP) is 2.79. The van der Waals surface area contributed by atoms with Crippen LogP contribution in [0, 0.1) is 6.92 Å². The smallest absolute Gasteiger partial charge is 0.340 e. The molecule has 0 amide bonds. The molecule has 2 N–H and O–H groups in total. The van der Waals surface area contributed by atoms with Gasteiger partial charge in [-0.15, -0.1) is 0 Å². The first-order valence-corrected chi connectivity index (χ1v) is 8.96. The summed E-state index contributed by atoms with van der Waals surface area (Å²) in [6.07, 6.45) is -0.619. The fourth-order valence-corrected chi connectivity index (χ4v) is 2.78. The number of benzene rings is 1. The molecular weight excluding hydrogens is 332 g/mol. The molecule has 0 aliphatic heterocycles. The molecule has 6 heteroatoms. The zero-order chi connectivity index (χ0) is 19.5. The zero-order valence-electron chi connectivity index (χ0n) is 16.5. The lowest BCUT2D eigenvalue weighted by Crippen LogP contribution is -2.42. The molecule has 0 unspecified atom stereocenters. The first-order chi connectivity index (χ1) is 12.1. The van der Waals surface area contributed by atoms with Crippen LogP contribution in [0.4, 0.5) is 0 Å². The van der Waals surface area contributed by atoms with Gasteiger partial charge >= 0.3 is 5.97 Å². The fourth-order valence-electron chi connectivity index (χ4n) is 2.78. The lowest BCUT2D eigenvalue weighted by Gasteiger charge is -2.23. The van der Waals surface area contributed by atoms with Crippen molar-refractivity contribution in [2.75, 3.05) is 19.8 Å². The van der Waals surface area contributed by atoms with Crippen LogP contribution in [0.5, 0.6) is 5.75 Å². The largest absolute Gasteiger partial charge is 0.491 e. The molecule has 6 nitrogen and oxygen atoms in total. The number of fused-ring (bicyclic) bond motifs is 1. The molecule has 0 bridgehead atoms. The third-order valence-corrected chi connectivity index (χ3v) is 4.25. The Balaban J connectivity index is 2.17. The Bertz CT molecular complexity index is 774. The molecule has 0 spiro atoms. The van der Waals surface area contributed by atoms with Gasteiger partial charge in [-0.1, -0.05) is 0 Å². The number of esters is 1. The van der Waals surface area contributed by atoms with Crippen LogP contribution in [0.25, 0.3) is 10.9 Å². The van der Waals surface area contributed by atoms with Crippen LogP contribution in [0.2, 0.25) is 0 Å². The number of hydrogen-bond donors (Lipinski definition) is 2. The highest BCUT2D eigenvalue weighted by molar-refractivity contribution is 6.06. The number of aliphatic hydroxyl groups is 1. The van der Waals surface area contributed by atoms with E-state index in [4.69, 9.17) is 9.47 Å². The van der Waals surface area contributed by atoms with Gasteiger partial charge in [0.1, 0.15) is 18.5 Å². The molecule has 26 heavy (non-hydrogen) atoms. The second-order valence-corrected chi connectivity index (χ2v) is 7.51. The van der Waals surface area contributed by atoms with Crippen LogP contribution in [-0.2, 0) is 11.8 Å². The number of nitrogens with one attached hydrogen (secondary N) is 1. The highest BCUT2D eigenvalue weighted by atomic mass is 16.5. The molecule has 1 aromatic heterocycles. The number of aliphatic hydroxyl groups excluding tert-OH is 1. The minimum atomic E-state index is -0.619. The maximum Gasteiger partial charge on any atom is 0.340 e. The van der Waals surface area contributed by atoms with E-state index in [9.17, 15) is 9.90 Å². The van der Waals surface area contributed by atoms with Gasteiger partial charge in [-0.25, -0.2) is 4.79 Å². The number of carbonyl (C=O) groups excluding carboxylic acids is 1. The van der Waals surface area contributed by atoms with Crippen molar-refractivity contribution >= 4 is 16.9 Å². The molecule has 2 rings (SSSR count). The van der Waals surface area contributed by atoms with E-state index >= 15 is 0 Å². The summed E-state index contributed by atoms with van der Waals surface area (Å²) in [5.74, 6) is 0.283. The Hall–Kier alpha value is -2.05. The van der Waals surface area contributed by atoms with E-state index in [1.807, 2.05) is 57.5 Å². The standard InChI is InChI=1S/C20H30N2O4/c1-7-25-19(24)18-13(2)22(6)17-9-8-15(10-16(17)18)26-12-14(23)11-21-20(3,4)5/h8-10,14,21,23H,7,11-12H2,1-6H3/t14-/m1/s1. The minimum absolute atomic E-state index is 0.0595. The molecular formula is C20H30N2O4. The number of carbonyl (C=O) groups is 1. The summed E-state index contributed by atoms with van der Waals surface area (Å²) < 4.78 is 12.9. The normalized spacial score (nSPS) is 13.0. The molecule has 144 valence electrons. The van der Waals surface area contributed by atoms with E-state index in [2.05, 4.69) is 5.32 Å². The Morgan fingerprint density at radius 2 is 2.04 bits per heavy atom. The fraction of sp³-hybridized carbons (Fsp3) is 0.550. The zero-order valence-corrected chi connectivity index (χ0v) is 16.5. The third-order valence-electron chi connectivity index (χ3n) is 4.25. The predicted molar refractivity (Wildman–Crippen MR) is 103 cm³/mol. The second kappa shape index (κ2) is 8.10. The highest BCUT2D eigenvalue weighted by Crippen LogP contribution is 2.29. The van der Waals surface area contributed by atoms with Gasteiger partial charge in [0.2, 0.25) is 0 Å². The number of aryl methyl sites for hydroxylation is 1. The van der Waals surface area contributed by atoms with E-state index in [-0.39, 0.29) is 18.1 Å². The topological polar surface area (TPSA) is 72.7 Å². The van der Waals surface area contributed by atoms with Crippen LogP contribution >= 0.6 is 0 Å². The molecule has 0 saturated carbocycles. The van der Waals surface area contributed by atoms with Gasteiger partial charge < -0.3 is 24.5 Å². The Labute approximate surface area is 155 Å². The molecule has 0 radical (unpaired) electrons. The van der Waals surface area contributed by atoms with Gasteiger partial charge in [0.15, 0.2) is 0 Å². The Morgan fingerprint density at radius 3 is 2.65 bits per heavy atom. The maximum absolute atomic E-state index is 12.3. The van der Waals surface area contributed by atoms with Gasteiger partial charge in [-0.2, -0.15) is 0 Å². The summed E-state index contributed by atoms with van der Waals surface area (Å²) in [5, 5.41) is 14.1. The maximum atomic E-state index is 12.3. The molecule has 0 fully saturated rings. The molecule has 0 saturated heterocycles. The van der Waals surface area contributed by atoms with Crippen molar-refractivity contribution in [1.29, 1.82) is 0 Å². The van der Waals surface area contributed by atoms with Crippen molar-refractivity contribution in [2.45, 2.75) is 46.3 Å². The summed E-state index contributed by atoms with van der Waals surface area (Å²) >= 11 is 0. The van der Waals surface area contributed by atoms with Gasteiger partial charge in [-0.05, 0) is 52.8 Å². The van der Waals surface area contributed by atoms with E-state index < -0.39 is 6.10 Å². The molecule has 0 aliphatic carbocycles. The summed E-state index contributed by atoms with van der Waals surface area (Å²) in [5.41, 5.74) is 2.29. The summed E-state index contributed by atoms with van der Waals surface area (Å²) in [6, 6.07) is 5.60. The molecule has 1 atom stereocenters. The van der Waals surface area contributed by atoms with E-state index in [0.717, 1.165) is 16.6 Å². The number of rotatable bonds is 7. The van der Waals surface area contributed by atoms with Gasteiger partial charge in [0.05, 0.1) is 12.2 Å². The van der Waals surface area contributed by atoms with Crippen LogP contribution in [0.3, 0.4) is 0 Å². The van der Waals surface area contributed by atoms with Crippen LogP contribution in [0.1, 0.15) is 43.7 Å². The van der Waals surface area contributed by atoms with E-state index in [1.165, 1.54) is 0 Å². The van der Waals surface area contributed by atoms with Crippen molar-refractivity contribution in [3.8, 4) is 5.75 Å². The lowest BCUT2D eigenvalue weighted by atomic mass is 10.1. The van der Waals surface area contributed by atoms with Crippen LogP contribution in [0.15, 0.2) is 18.2 Å².